The first-order chi connectivity index (χ1) is 18.2. The third kappa shape index (κ3) is 6.51. The molecule has 0 aliphatic carbocycles. The van der Waals surface area contributed by atoms with E-state index >= 15 is 0 Å². The molecule has 12 heteroatoms. The van der Waals surface area contributed by atoms with Gasteiger partial charge in [0.05, 0.1) is 39.7 Å². The number of halogens is 2. The van der Waals surface area contributed by atoms with Crippen LogP contribution in [-0.4, -0.2) is 38.1 Å². The average Bonchev–Trinajstić information content (AvgIpc) is 3.33. The number of hydrogen-bond acceptors (Lipinski definition) is 7. The fraction of sp³-hybridized carbons (Fsp3) is 0.231. The first-order valence-corrected chi connectivity index (χ1v) is 12.4. The largest absolute Gasteiger partial charge is 0.469 e. The summed E-state index contributed by atoms with van der Waals surface area (Å²) in [6, 6.07) is 9.04. The summed E-state index contributed by atoms with van der Waals surface area (Å²) in [6.07, 6.45) is 0.502. The van der Waals surface area contributed by atoms with Gasteiger partial charge in [-0.25, -0.2) is 13.6 Å². The van der Waals surface area contributed by atoms with Crippen molar-refractivity contribution in [2.75, 3.05) is 30.8 Å². The maximum atomic E-state index is 14.7. The Morgan fingerprint density at radius 1 is 1.03 bits per heavy atom. The molecule has 0 fully saturated rings. The highest BCUT2D eigenvalue weighted by Crippen LogP contribution is 2.24. The van der Waals surface area contributed by atoms with Gasteiger partial charge in [-0.05, 0) is 42.8 Å². The molecule has 3 N–H and O–H groups in total. The van der Waals surface area contributed by atoms with Crippen LogP contribution in [0.5, 0.6) is 5.75 Å². The SMILES string of the molecule is COC(=O)CCNC(=O)c1cc2c(s1)=C(Oc1ccc(NC(=O)Nc3cc(C)ccc3F)c(F)c1)CCN=2. The Hall–Kier alpha value is -4.32. The van der Waals surface area contributed by atoms with Crippen LogP contribution in [0.4, 0.5) is 25.0 Å². The predicted octanol–water partition coefficient (Wildman–Crippen LogP) is 3.48. The molecule has 4 rings (SSSR count). The fourth-order valence-electron chi connectivity index (χ4n) is 3.58. The molecule has 0 saturated heterocycles. The molecule has 0 radical (unpaired) electrons. The molecule has 3 amide bonds. The van der Waals surface area contributed by atoms with E-state index in [1.54, 1.807) is 19.1 Å². The Morgan fingerprint density at radius 3 is 2.58 bits per heavy atom. The molecule has 9 nitrogen and oxygen atoms in total. The molecular weight excluding hydrogens is 518 g/mol. The van der Waals surface area contributed by atoms with Crippen LogP contribution in [0.1, 0.15) is 28.1 Å². The van der Waals surface area contributed by atoms with E-state index in [9.17, 15) is 23.2 Å². The summed E-state index contributed by atoms with van der Waals surface area (Å²) in [6.45, 7) is 2.32. The number of carbonyl (C=O) groups excluding carboxylic acids is 3. The summed E-state index contributed by atoms with van der Waals surface area (Å²) in [5.41, 5.74) is 0.613. The third-order valence-corrected chi connectivity index (χ3v) is 6.62. The van der Waals surface area contributed by atoms with Gasteiger partial charge in [0.25, 0.3) is 5.91 Å². The van der Waals surface area contributed by atoms with Gasteiger partial charge in [0.2, 0.25) is 0 Å². The van der Waals surface area contributed by atoms with Gasteiger partial charge in [-0.2, -0.15) is 0 Å². The molecule has 1 aromatic heterocycles. The Balaban J connectivity index is 1.45. The number of urea groups is 1. The van der Waals surface area contributed by atoms with E-state index in [4.69, 9.17) is 4.74 Å². The Labute approximate surface area is 220 Å². The van der Waals surface area contributed by atoms with E-state index in [0.717, 1.165) is 11.6 Å². The number of thiophene rings is 1. The normalized spacial score (nSPS) is 12.2. The number of rotatable bonds is 8. The van der Waals surface area contributed by atoms with E-state index in [0.29, 0.717) is 33.5 Å². The van der Waals surface area contributed by atoms with Crippen LogP contribution >= 0.6 is 11.3 Å². The molecule has 3 aromatic rings. The van der Waals surface area contributed by atoms with Gasteiger partial charge in [0.1, 0.15) is 23.1 Å². The highest BCUT2D eigenvalue weighted by molar-refractivity contribution is 7.12. The van der Waals surface area contributed by atoms with Crippen molar-refractivity contribution >= 4 is 46.4 Å². The summed E-state index contributed by atoms with van der Waals surface area (Å²) >= 11 is 1.18. The summed E-state index contributed by atoms with van der Waals surface area (Å²) in [5, 5.41) is 7.96. The summed E-state index contributed by atoms with van der Waals surface area (Å²) in [7, 11) is 1.28. The molecule has 198 valence electrons. The minimum Gasteiger partial charge on any atom is -0.469 e. The zero-order valence-electron chi connectivity index (χ0n) is 20.5. The number of nitrogens with one attached hydrogen (secondary N) is 3. The zero-order valence-corrected chi connectivity index (χ0v) is 21.3. The quantitative estimate of drug-likeness (QED) is 0.377. The summed E-state index contributed by atoms with van der Waals surface area (Å²) in [5.74, 6) is -1.42. The van der Waals surface area contributed by atoms with Crippen LogP contribution in [0.2, 0.25) is 0 Å². The van der Waals surface area contributed by atoms with Gasteiger partial charge >= 0.3 is 12.0 Å². The second kappa shape index (κ2) is 11.8. The van der Waals surface area contributed by atoms with Gasteiger partial charge < -0.3 is 25.4 Å². The molecule has 0 saturated carbocycles. The van der Waals surface area contributed by atoms with Crippen molar-refractivity contribution in [3.05, 3.63) is 74.4 Å². The second-order valence-corrected chi connectivity index (χ2v) is 9.32. The van der Waals surface area contributed by atoms with E-state index in [1.165, 1.54) is 42.7 Å². The van der Waals surface area contributed by atoms with E-state index in [2.05, 4.69) is 25.7 Å². The number of esters is 1. The van der Waals surface area contributed by atoms with Crippen LogP contribution in [0, 0.1) is 18.6 Å². The van der Waals surface area contributed by atoms with Crippen LogP contribution < -0.4 is 30.6 Å². The number of methoxy groups -OCH3 is 1. The first-order valence-electron chi connectivity index (χ1n) is 11.6. The van der Waals surface area contributed by atoms with Crippen LogP contribution in [0.15, 0.2) is 47.5 Å². The molecule has 0 spiro atoms. The number of benzene rings is 2. The lowest BCUT2D eigenvalue weighted by Gasteiger charge is -2.13. The standard InChI is InChI=1S/C26H24F2N4O5S/c1-14-3-5-16(27)19(11-14)32-26(35)31-18-6-4-15(12-17(18)28)37-21-7-9-29-20-13-22(38-24(20)21)25(34)30-10-8-23(33)36-2/h3-6,11-13H,7-10H2,1-2H3,(H,30,34)(H2,31,32,35). The molecule has 1 aliphatic rings. The van der Waals surface area contributed by atoms with Crippen molar-refractivity contribution in [1.29, 1.82) is 0 Å². The molecule has 2 heterocycles. The van der Waals surface area contributed by atoms with Crippen LogP contribution in [0.3, 0.4) is 0 Å². The Morgan fingerprint density at radius 2 is 1.82 bits per heavy atom. The van der Waals surface area contributed by atoms with Gasteiger partial charge in [-0.1, -0.05) is 6.07 Å². The van der Waals surface area contributed by atoms with Crippen LogP contribution in [-0.2, 0) is 9.53 Å². The second-order valence-electron chi connectivity index (χ2n) is 8.27. The number of hydrogen-bond donors (Lipinski definition) is 3. The van der Waals surface area contributed by atoms with Gasteiger partial charge in [0.15, 0.2) is 0 Å². The summed E-state index contributed by atoms with van der Waals surface area (Å²) in [4.78, 5) is 40.8. The molecule has 2 aromatic carbocycles. The topological polar surface area (TPSA) is 118 Å². The minimum absolute atomic E-state index is 0.0229. The van der Waals surface area contributed by atoms with Gasteiger partial charge in [-0.3, -0.25) is 14.6 Å². The first kappa shape index (κ1) is 26.7. The lowest BCUT2D eigenvalue weighted by molar-refractivity contribution is -0.140. The molecule has 0 unspecified atom stereocenters. The number of fused-ring (bicyclic) bond motifs is 1. The molecule has 38 heavy (non-hydrogen) atoms. The van der Waals surface area contributed by atoms with Crippen molar-refractivity contribution in [3.63, 3.8) is 0 Å². The van der Waals surface area contributed by atoms with Crippen molar-refractivity contribution in [3.8, 4) is 5.75 Å². The third-order valence-electron chi connectivity index (χ3n) is 5.45. The Bertz CT molecular complexity index is 1520. The smallest absolute Gasteiger partial charge is 0.323 e. The van der Waals surface area contributed by atoms with Gasteiger partial charge in [0, 0.05) is 25.6 Å². The number of aryl methyl sites for hydroxylation is 1. The van der Waals surface area contributed by atoms with Crippen molar-refractivity contribution in [2.24, 2.45) is 4.99 Å². The van der Waals surface area contributed by atoms with Crippen molar-refractivity contribution in [2.45, 2.75) is 19.8 Å². The lowest BCUT2D eigenvalue weighted by Crippen LogP contribution is -2.28. The molecule has 0 atom stereocenters. The monoisotopic (exact) mass is 542 g/mol. The van der Waals surface area contributed by atoms with Gasteiger partial charge in [-0.15, -0.1) is 11.3 Å². The number of ether oxygens (including phenoxy) is 2. The lowest BCUT2D eigenvalue weighted by atomic mass is 10.2. The number of amides is 3. The zero-order chi connectivity index (χ0) is 27.2. The van der Waals surface area contributed by atoms with Crippen molar-refractivity contribution < 1.29 is 32.6 Å². The number of nitrogens with zero attached hydrogens (tertiary/aromatic N) is 1. The molecular formula is C26H24F2N4O5S. The van der Waals surface area contributed by atoms with E-state index in [-0.39, 0.29) is 36.0 Å². The predicted molar refractivity (Wildman–Crippen MR) is 138 cm³/mol. The average molecular weight is 543 g/mol. The Kier molecular flexibility index (Phi) is 8.31. The highest BCUT2D eigenvalue weighted by Gasteiger charge is 2.17. The van der Waals surface area contributed by atoms with Crippen LogP contribution in [0.25, 0.3) is 5.76 Å². The van der Waals surface area contributed by atoms with E-state index in [1.807, 2.05) is 0 Å². The maximum Gasteiger partial charge on any atom is 0.323 e. The van der Waals surface area contributed by atoms with Crippen molar-refractivity contribution in [1.82, 2.24) is 5.32 Å². The fourth-order valence-corrected chi connectivity index (χ4v) is 4.62. The molecule has 1 aliphatic heterocycles. The highest BCUT2D eigenvalue weighted by atomic mass is 32.1. The number of carbonyl (C=O) groups is 3. The molecule has 0 bridgehead atoms. The maximum absolute atomic E-state index is 14.7. The van der Waals surface area contributed by atoms with E-state index < -0.39 is 23.6 Å². The summed E-state index contributed by atoms with van der Waals surface area (Å²) < 4.78 is 39.8. The number of anilines is 2. The minimum atomic E-state index is -0.800.